The largest absolute Gasteiger partial charge is 0.493 e. The van der Waals surface area contributed by atoms with Crippen molar-refractivity contribution < 1.29 is 32.5 Å². The van der Waals surface area contributed by atoms with Crippen LogP contribution >= 0.6 is 0 Å². The second kappa shape index (κ2) is 7.96. The molecule has 1 aromatic rings. The van der Waals surface area contributed by atoms with Gasteiger partial charge in [0.15, 0.2) is 17.6 Å². The molecule has 0 aliphatic carbocycles. The minimum absolute atomic E-state index is 0.0310. The molecule has 0 saturated carbocycles. The van der Waals surface area contributed by atoms with Gasteiger partial charge in [0.25, 0.3) is 0 Å². The van der Waals surface area contributed by atoms with Crippen LogP contribution in [0.5, 0.6) is 11.5 Å². The van der Waals surface area contributed by atoms with Gasteiger partial charge in [0, 0.05) is 19.1 Å². The zero-order chi connectivity index (χ0) is 21.6. The molecular formula is C21H30F3NO4. The molecule has 2 aliphatic heterocycles. The minimum Gasteiger partial charge on any atom is -0.493 e. The Kier molecular flexibility index (Phi) is 6.09. The summed E-state index contributed by atoms with van der Waals surface area (Å²) in [5.41, 5.74) is 1.55. The van der Waals surface area contributed by atoms with Crippen LogP contribution in [-0.2, 0) is 11.2 Å². The molecule has 4 unspecified atom stereocenters. The van der Waals surface area contributed by atoms with Gasteiger partial charge in [0.1, 0.15) is 0 Å². The molecule has 1 fully saturated rings. The van der Waals surface area contributed by atoms with E-state index in [0.29, 0.717) is 19.4 Å². The van der Waals surface area contributed by atoms with Crippen LogP contribution in [0.3, 0.4) is 0 Å². The van der Waals surface area contributed by atoms with Crippen molar-refractivity contribution in [2.75, 3.05) is 20.2 Å². The van der Waals surface area contributed by atoms with Crippen LogP contribution in [0.15, 0.2) is 12.1 Å². The highest BCUT2D eigenvalue weighted by molar-refractivity contribution is 5.50. The van der Waals surface area contributed by atoms with Crippen LogP contribution < -0.4 is 9.47 Å². The molecule has 2 heterocycles. The smallest absolute Gasteiger partial charge is 0.425 e. The van der Waals surface area contributed by atoms with E-state index in [0.717, 1.165) is 24.6 Å². The Bertz CT molecular complexity index is 732. The molecule has 0 bridgehead atoms. The molecule has 1 saturated heterocycles. The quantitative estimate of drug-likeness (QED) is 0.806. The number of hydrogen-bond donors (Lipinski definition) is 1. The van der Waals surface area contributed by atoms with Gasteiger partial charge in [0.05, 0.1) is 24.9 Å². The van der Waals surface area contributed by atoms with Gasteiger partial charge in [-0.05, 0) is 63.8 Å². The SMILES string of the molecule is COc1cc2c(cc1OC(C)C(F)(F)F)CCN1CC(OC(C)(C)C)C(O)CC21. The van der Waals surface area contributed by atoms with E-state index in [1.807, 2.05) is 20.8 Å². The third-order valence-electron chi connectivity index (χ3n) is 5.47. The Hall–Kier alpha value is -1.51. The van der Waals surface area contributed by atoms with Crippen LogP contribution in [0.1, 0.15) is 51.3 Å². The van der Waals surface area contributed by atoms with E-state index in [2.05, 4.69) is 4.90 Å². The summed E-state index contributed by atoms with van der Waals surface area (Å²) in [5, 5.41) is 10.7. The lowest BCUT2D eigenvalue weighted by molar-refractivity contribution is -0.189. The van der Waals surface area contributed by atoms with Crippen LogP contribution in [0.2, 0.25) is 0 Å². The van der Waals surface area contributed by atoms with Crippen molar-refractivity contribution >= 4 is 0 Å². The highest BCUT2D eigenvalue weighted by Crippen LogP contribution is 2.43. The van der Waals surface area contributed by atoms with E-state index >= 15 is 0 Å². The Morgan fingerprint density at radius 2 is 1.86 bits per heavy atom. The van der Waals surface area contributed by atoms with Crippen LogP contribution in [0, 0.1) is 0 Å². The van der Waals surface area contributed by atoms with Gasteiger partial charge < -0.3 is 19.3 Å². The number of aliphatic hydroxyl groups excluding tert-OH is 1. The molecular weight excluding hydrogens is 387 g/mol. The second-order valence-corrected chi connectivity index (χ2v) is 8.84. The van der Waals surface area contributed by atoms with Crippen molar-refractivity contribution in [2.24, 2.45) is 0 Å². The lowest BCUT2D eigenvalue weighted by Crippen LogP contribution is -2.53. The number of rotatable bonds is 4. The highest BCUT2D eigenvalue weighted by Gasteiger charge is 2.41. The monoisotopic (exact) mass is 417 g/mol. The first-order chi connectivity index (χ1) is 13.4. The first-order valence-corrected chi connectivity index (χ1v) is 9.93. The van der Waals surface area contributed by atoms with Crippen molar-refractivity contribution in [3.63, 3.8) is 0 Å². The Morgan fingerprint density at radius 1 is 1.17 bits per heavy atom. The third kappa shape index (κ3) is 4.98. The van der Waals surface area contributed by atoms with Gasteiger partial charge in [-0.15, -0.1) is 0 Å². The van der Waals surface area contributed by atoms with E-state index in [1.165, 1.54) is 7.11 Å². The molecule has 29 heavy (non-hydrogen) atoms. The molecule has 0 aromatic heterocycles. The molecule has 1 N–H and O–H groups in total. The number of methoxy groups -OCH3 is 1. The summed E-state index contributed by atoms with van der Waals surface area (Å²) in [7, 11) is 1.41. The Labute approximate surface area is 169 Å². The summed E-state index contributed by atoms with van der Waals surface area (Å²) in [6.45, 7) is 8.22. The van der Waals surface area contributed by atoms with E-state index in [1.54, 1.807) is 12.1 Å². The number of nitrogens with zero attached hydrogens (tertiary/aromatic N) is 1. The summed E-state index contributed by atoms with van der Waals surface area (Å²) in [5.74, 6) is 0.360. The Balaban J connectivity index is 1.84. The summed E-state index contributed by atoms with van der Waals surface area (Å²) in [4.78, 5) is 2.27. The van der Waals surface area contributed by atoms with Crippen LogP contribution in [0.4, 0.5) is 13.2 Å². The summed E-state index contributed by atoms with van der Waals surface area (Å²) < 4.78 is 55.3. The average Bonchev–Trinajstić information content (AvgIpc) is 2.60. The maximum absolute atomic E-state index is 12.9. The fraction of sp³-hybridized carbons (Fsp3) is 0.714. The van der Waals surface area contributed by atoms with Crippen molar-refractivity contribution in [3.8, 4) is 11.5 Å². The molecule has 164 valence electrons. The average molecular weight is 417 g/mol. The maximum atomic E-state index is 12.9. The molecule has 8 heteroatoms. The predicted octanol–water partition coefficient (Wildman–Crippen LogP) is 3.87. The number of benzene rings is 1. The number of hydrogen-bond acceptors (Lipinski definition) is 5. The molecule has 0 spiro atoms. The summed E-state index contributed by atoms with van der Waals surface area (Å²) in [6, 6.07) is 3.37. The summed E-state index contributed by atoms with van der Waals surface area (Å²) in [6.07, 6.45) is -6.09. The number of fused-ring (bicyclic) bond motifs is 3. The van der Waals surface area contributed by atoms with Crippen molar-refractivity contribution in [1.29, 1.82) is 0 Å². The molecule has 4 atom stereocenters. The first kappa shape index (κ1) is 22.2. The number of alkyl halides is 3. The van der Waals surface area contributed by atoms with Gasteiger partial charge in [0.2, 0.25) is 0 Å². The fourth-order valence-corrected chi connectivity index (χ4v) is 4.07. The Morgan fingerprint density at radius 3 is 2.45 bits per heavy atom. The molecule has 3 rings (SSSR count). The zero-order valence-corrected chi connectivity index (χ0v) is 17.5. The number of aliphatic hydroxyl groups is 1. The van der Waals surface area contributed by atoms with Crippen molar-refractivity contribution in [2.45, 2.75) is 76.7 Å². The number of halogens is 3. The molecule has 0 radical (unpaired) electrons. The zero-order valence-electron chi connectivity index (χ0n) is 17.5. The minimum atomic E-state index is -4.45. The van der Waals surface area contributed by atoms with Crippen LogP contribution in [0.25, 0.3) is 0 Å². The number of ether oxygens (including phenoxy) is 3. The third-order valence-corrected chi connectivity index (χ3v) is 5.47. The van der Waals surface area contributed by atoms with Gasteiger partial charge in [-0.2, -0.15) is 13.2 Å². The lowest BCUT2D eigenvalue weighted by atomic mass is 9.84. The van der Waals surface area contributed by atoms with E-state index in [9.17, 15) is 18.3 Å². The topological polar surface area (TPSA) is 51.2 Å². The predicted molar refractivity (Wildman–Crippen MR) is 102 cm³/mol. The van der Waals surface area contributed by atoms with Gasteiger partial charge >= 0.3 is 6.18 Å². The normalized spacial score (nSPS) is 26.4. The van der Waals surface area contributed by atoms with E-state index < -0.39 is 18.4 Å². The fourth-order valence-electron chi connectivity index (χ4n) is 4.07. The highest BCUT2D eigenvalue weighted by atomic mass is 19.4. The van der Waals surface area contributed by atoms with Gasteiger partial charge in [-0.25, -0.2) is 0 Å². The van der Waals surface area contributed by atoms with Gasteiger partial charge in [-0.1, -0.05) is 0 Å². The molecule has 5 nitrogen and oxygen atoms in total. The first-order valence-electron chi connectivity index (χ1n) is 9.93. The van der Waals surface area contributed by atoms with E-state index in [-0.39, 0.29) is 29.2 Å². The van der Waals surface area contributed by atoms with Crippen molar-refractivity contribution in [1.82, 2.24) is 4.90 Å². The summed E-state index contributed by atoms with van der Waals surface area (Å²) >= 11 is 0. The lowest BCUT2D eigenvalue weighted by Gasteiger charge is -2.46. The standard InChI is InChI=1S/C21H30F3NO4/c1-12(21(22,23)24)28-18-8-13-6-7-25-11-19(29-20(2,3)4)16(26)10-15(25)14(13)9-17(18)27-5/h8-9,12,15-16,19,26H,6-7,10-11H2,1-5H3. The second-order valence-electron chi connectivity index (χ2n) is 8.84. The maximum Gasteiger partial charge on any atom is 0.425 e. The van der Waals surface area contributed by atoms with E-state index in [4.69, 9.17) is 14.2 Å². The molecule has 1 aromatic carbocycles. The molecule has 0 amide bonds. The number of piperidine rings is 1. The van der Waals surface area contributed by atoms with Crippen LogP contribution in [-0.4, -0.2) is 60.3 Å². The van der Waals surface area contributed by atoms with Crippen molar-refractivity contribution in [3.05, 3.63) is 23.3 Å². The van der Waals surface area contributed by atoms with Gasteiger partial charge in [-0.3, -0.25) is 4.90 Å². The molecule has 2 aliphatic rings.